The number of carbonyl (C=O) groups is 1. The van der Waals surface area contributed by atoms with Crippen molar-refractivity contribution < 1.29 is 19.4 Å². The predicted octanol–water partition coefficient (Wildman–Crippen LogP) is 2.30. The summed E-state index contributed by atoms with van der Waals surface area (Å²) in [4.78, 5) is 11.1. The highest BCUT2D eigenvalue weighted by Crippen LogP contribution is 2.43. The van der Waals surface area contributed by atoms with E-state index in [2.05, 4.69) is 15.9 Å². The van der Waals surface area contributed by atoms with Gasteiger partial charge in [-0.1, -0.05) is 15.9 Å². The molecule has 0 spiro atoms. The number of ether oxygens (including phenoxy) is 2. The lowest BCUT2D eigenvalue weighted by Crippen LogP contribution is -2.00. The molecule has 0 radical (unpaired) electrons. The van der Waals surface area contributed by atoms with Crippen molar-refractivity contribution in [2.45, 2.75) is 13.3 Å². The second-order valence-corrected chi connectivity index (χ2v) is 4.15. The van der Waals surface area contributed by atoms with Gasteiger partial charge >= 0.3 is 0 Å². The molecule has 1 N–H and O–H groups in total. The van der Waals surface area contributed by atoms with E-state index in [1.54, 1.807) is 6.07 Å². The van der Waals surface area contributed by atoms with Crippen LogP contribution in [0.5, 0.6) is 17.2 Å². The molecule has 0 saturated heterocycles. The molecular weight excluding hydrogens is 276 g/mol. The number of Topliss-reactive ketones (excluding diaryl/α,β-unsaturated/α-hetero) is 1. The van der Waals surface area contributed by atoms with Crippen LogP contribution in [0.2, 0.25) is 0 Å². The molecule has 0 atom stereocenters. The Hall–Kier alpha value is -1.23. The molecule has 1 rings (SSSR count). The molecule has 88 valence electrons. The van der Waals surface area contributed by atoms with Gasteiger partial charge in [-0.15, -0.1) is 0 Å². The van der Waals surface area contributed by atoms with Crippen molar-refractivity contribution >= 4 is 21.7 Å². The largest absolute Gasteiger partial charge is 0.504 e. The molecule has 0 unspecified atom stereocenters. The fourth-order valence-electron chi connectivity index (χ4n) is 1.40. The van der Waals surface area contributed by atoms with Gasteiger partial charge in [0.1, 0.15) is 5.78 Å². The van der Waals surface area contributed by atoms with E-state index in [-0.39, 0.29) is 23.7 Å². The first-order chi connectivity index (χ1) is 7.51. The van der Waals surface area contributed by atoms with Crippen LogP contribution in [0.1, 0.15) is 12.5 Å². The second kappa shape index (κ2) is 5.21. The van der Waals surface area contributed by atoms with E-state index in [9.17, 15) is 9.90 Å². The molecule has 0 aliphatic heterocycles. The highest BCUT2D eigenvalue weighted by atomic mass is 79.9. The van der Waals surface area contributed by atoms with E-state index >= 15 is 0 Å². The molecule has 0 amide bonds. The van der Waals surface area contributed by atoms with Crippen LogP contribution >= 0.6 is 15.9 Å². The van der Waals surface area contributed by atoms with Gasteiger partial charge in [0.05, 0.1) is 14.2 Å². The van der Waals surface area contributed by atoms with Crippen molar-refractivity contribution in [3.05, 3.63) is 16.1 Å². The number of carbonyl (C=O) groups excluding carboxylic acids is 1. The number of aromatic hydroxyl groups is 1. The normalized spacial score (nSPS) is 10.0. The van der Waals surface area contributed by atoms with Crippen LogP contribution in [0.4, 0.5) is 0 Å². The fourth-order valence-corrected chi connectivity index (χ4v) is 1.94. The molecule has 1 aromatic rings. The lowest BCUT2D eigenvalue weighted by molar-refractivity contribution is -0.116. The van der Waals surface area contributed by atoms with E-state index < -0.39 is 0 Å². The monoisotopic (exact) mass is 288 g/mol. The molecule has 0 aromatic heterocycles. The Morgan fingerprint density at radius 1 is 1.44 bits per heavy atom. The Morgan fingerprint density at radius 3 is 2.50 bits per heavy atom. The first-order valence-corrected chi connectivity index (χ1v) is 5.42. The fraction of sp³-hybridized carbons (Fsp3) is 0.364. The smallest absolute Gasteiger partial charge is 0.203 e. The topological polar surface area (TPSA) is 55.8 Å². The first-order valence-electron chi connectivity index (χ1n) is 4.63. The molecule has 0 fully saturated rings. The number of rotatable bonds is 4. The summed E-state index contributed by atoms with van der Waals surface area (Å²) in [6, 6.07) is 1.66. The summed E-state index contributed by atoms with van der Waals surface area (Å²) in [6.45, 7) is 1.46. The van der Waals surface area contributed by atoms with Crippen molar-refractivity contribution in [3.8, 4) is 17.2 Å². The molecule has 0 aliphatic carbocycles. The van der Waals surface area contributed by atoms with E-state index in [0.29, 0.717) is 15.8 Å². The molecule has 1 aromatic carbocycles. The summed E-state index contributed by atoms with van der Waals surface area (Å²) in [7, 11) is 2.91. The SMILES string of the molecule is COc1cc(Br)c(CC(C)=O)c(O)c1OC. The maximum atomic E-state index is 11.1. The van der Waals surface area contributed by atoms with Crippen molar-refractivity contribution in [1.29, 1.82) is 0 Å². The molecule has 4 nitrogen and oxygen atoms in total. The third kappa shape index (κ3) is 2.47. The standard InChI is InChI=1S/C11H13BrO4/c1-6(13)4-7-8(12)5-9(15-2)11(16-3)10(7)14/h5,14H,4H2,1-3H3. The summed E-state index contributed by atoms with van der Waals surface area (Å²) in [5.74, 6) is 0.549. The molecular formula is C11H13BrO4. The Morgan fingerprint density at radius 2 is 2.06 bits per heavy atom. The third-order valence-electron chi connectivity index (χ3n) is 2.12. The Labute approximate surface area is 102 Å². The van der Waals surface area contributed by atoms with Gasteiger partial charge in [-0.2, -0.15) is 0 Å². The van der Waals surface area contributed by atoms with Crippen LogP contribution in [-0.4, -0.2) is 25.1 Å². The summed E-state index contributed by atoms with van der Waals surface area (Å²) in [5, 5.41) is 9.94. The number of ketones is 1. The van der Waals surface area contributed by atoms with Crippen molar-refractivity contribution in [2.75, 3.05) is 14.2 Å². The Bertz CT molecular complexity index is 415. The highest BCUT2D eigenvalue weighted by Gasteiger charge is 2.18. The van der Waals surface area contributed by atoms with Gasteiger partial charge in [-0.25, -0.2) is 0 Å². The van der Waals surface area contributed by atoms with Crippen molar-refractivity contribution in [1.82, 2.24) is 0 Å². The number of methoxy groups -OCH3 is 2. The van der Waals surface area contributed by atoms with Crippen LogP contribution in [0, 0.1) is 0 Å². The number of phenols is 1. The minimum absolute atomic E-state index is 0.0387. The molecule has 16 heavy (non-hydrogen) atoms. The number of phenolic OH excluding ortho intramolecular Hbond substituents is 1. The lowest BCUT2D eigenvalue weighted by atomic mass is 10.1. The summed E-state index contributed by atoms with van der Waals surface area (Å²) >= 11 is 3.28. The zero-order valence-corrected chi connectivity index (χ0v) is 10.9. The Kier molecular flexibility index (Phi) is 4.18. The molecule has 0 saturated carbocycles. The number of hydrogen-bond donors (Lipinski definition) is 1. The maximum Gasteiger partial charge on any atom is 0.203 e. The first kappa shape index (κ1) is 12.8. The molecule has 5 heteroatoms. The predicted molar refractivity (Wildman–Crippen MR) is 63.3 cm³/mol. The Balaban J connectivity index is 3.34. The molecule has 0 bridgehead atoms. The number of benzene rings is 1. The third-order valence-corrected chi connectivity index (χ3v) is 2.83. The van der Waals surface area contributed by atoms with Gasteiger partial charge in [0.2, 0.25) is 5.75 Å². The van der Waals surface area contributed by atoms with E-state index in [0.717, 1.165) is 0 Å². The van der Waals surface area contributed by atoms with Crippen LogP contribution in [0.15, 0.2) is 10.5 Å². The van der Waals surface area contributed by atoms with Crippen molar-refractivity contribution in [3.63, 3.8) is 0 Å². The minimum atomic E-state index is -0.0658. The lowest BCUT2D eigenvalue weighted by Gasteiger charge is -2.13. The van der Waals surface area contributed by atoms with Crippen LogP contribution < -0.4 is 9.47 Å². The average molecular weight is 289 g/mol. The van der Waals surface area contributed by atoms with Gasteiger partial charge in [0.25, 0.3) is 0 Å². The zero-order chi connectivity index (χ0) is 12.3. The zero-order valence-electron chi connectivity index (χ0n) is 9.33. The number of hydrogen-bond acceptors (Lipinski definition) is 4. The van der Waals surface area contributed by atoms with Crippen LogP contribution in [-0.2, 0) is 11.2 Å². The van der Waals surface area contributed by atoms with E-state index in [1.165, 1.54) is 21.1 Å². The molecule has 0 heterocycles. The molecule has 0 aliphatic rings. The van der Waals surface area contributed by atoms with Crippen LogP contribution in [0.3, 0.4) is 0 Å². The summed E-state index contributed by atoms with van der Waals surface area (Å²) in [5.41, 5.74) is 0.505. The van der Waals surface area contributed by atoms with E-state index in [4.69, 9.17) is 9.47 Å². The second-order valence-electron chi connectivity index (χ2n) is 3.30. The van der Waals surface area contributed by atoms with Crippen molar-refractivity contribution in [2.24, 2.45) is 0 Å². The van der Waals surface area contributed by atoms with Gasteiger partial charge < -0.3 is 14.6 Å². The summed E-state index contributed by atoms with van der Waals surface area (Å²) in [6.07, 6.45) is 0.146. The van der Waals surface area contributed by atoms with Crippen LogP contribution in [0.25, 0.3) is 0 Å². The number of halogens is 1. The summed E-state index contributed by atoms with van der Waals surface area (Å²) < 4.78 is 10.7. The van der Waals surface area contributed by atoms with Gasteiger partial charge in [0.15, 0.2) is 11.5 Å². The average Bonchev–Trinajstić information content (AvgIpc) is 2.23. The van der Waals surface area contributed by atoms with E-state index in [1.807, 2.05) is 0 Å². The minimum Gasteiger partial charge on any atom is -0.504 e. The van der Waals surface area contributed by atoms with Gasteiger partial charge in [-0.05, 0) is 13.0 Å². The maximum absolute atomic E-state index is 11.1. The van der Waals surface area contributed by atoms with Gasteiger partial charge in [0, 0.05) is 16.5 Å². The van der Waals surface area contributed by atoms with Gasteiger partial charge in [-0.3, -0.25) is 4.79 Å². The quantitative estimate of drug-likeness (QED) is 0.924. The highest BCUT2D eigenvalue weighted by molar-refractivity contribution is 9.10.